The van der Waals surface area contributed by atoms with Gasteiger partial charge in [0.2, 0.25) is 0 Å². The van der Waals surface area contributed by atoms with Crippen LogP contribution >= 0.6 is 0 Å². The molecule has 1 aliphatic rings. The fourth-order valence-electron chi connectivity index (χ4n) is 0.986. The van der Waals surface area contributed by atoms with E-state index < -0.39 is 24.0 Å². The molecule has 2 atom stereocenters. The molecule has 0 bridgehead atoms. The van der Waals surface area contributed by atoms with Gasteiger partial charge in [-0.25, -0.2) is 4.79 Å². The summed E-state index contributed by atoms with van der Waals surface area (Å²) < 4.78 is 0. The third-order valence-corrected chi connectivity index (χ3v) is 1.66. The molecule has 0 aromatic carbocycles. The first-order valence-electron chi connectivity index (χ1n) is 3.35. The maximum absolute atomic E-state index is 10.8. The van der Waals surface area contributed by atoms with Crippen molar-refractivity contribution in [3.63, 3.8) is 0 Å². The second-order valence-corrected chi connectivity index (χ2v) is 2.58. The van der Waals surface area contributed by atoms with E-state index in [0.29, 0.717) is 0 Å². The first-order chi connectivity index (χ1) is 5.52. The van der Waals surface area contributed by atoms with Gasteiger partial charge in [-0.05, 0) is 6.08 Å². The Bertz CT molecular complexity index is 255. The lowest BCUT2D eigenvalue weighted by Crippen LogP contribution is -2.37. The number of carbonyl (C=O) groups excluding carboxylic acids is 1. The van der Waals surface area contributed by atoms with Crippen LogP contribution < -0.4 is 0 Å². The van der Waals surface area contributed by atoms with Crippen LogP contribution in [0.5, 0.6) is 0 Å². The summed E-state index contributed by atoms with van der Waals surface area (Å²) >= 11 is 0. The number of carboxylic acids is 1. The average Bonchev–Trinajstić information content (AvgIpc) is 1.99. The molecule has 66 valence electrons. The zero-order chi connectivity index (χ0) is 9.30. The summed E-state index contributed by atoms with van der Waals surface area (Å²) in [6.07, 6.45) is -2.22. The number of aliphatic hydroxyl groups is 2. The summed E-state index contributed by atoms with van der Waals surface area (Å²) in [7, 11) is 0. The van der Waals surface area contributed by atoms with Crippen LogP contribution in [0.2, 0.25) is 0 Å². The third kappa shape index (κ3) is 1.51. The Morgan fingerprint density at radius 3 is 2.50 bits per heavy atom. The number of hydrogen-bond donors (Lipinski definition) is 3. The van der Waals surface area contributed by atoms with Crippen molar-refractivity contribution >= 4 is 11.8 Å². The lowest BCUT2D eigenvalue weighted by atomic mass is 9.94. The van der Waals surface area contributed by atoms with Crippen molar-refractivity contribution in [3.8, 4) is 0 Å². The predicted octanol–water partition coefficient (Wildman–Crippen LogP) is -1.31. The first kappa shape index (κ1) is 8.89. The second-order valence-electron chi connectivity index (χ2n) is 2.58. The van der Waals surface area contributed by atoms with Gasteiger partial charge < -0.3 is 15.3 Å². The van der Waals surface area contributed by atoms with E-state index in [2.05, 4.69) is 0 Å². The molecule has 0 saturated carbocycles. The monoisotopic (exact) mass is 172 g/mol. The SMILES string of the molecule is O=C(O)C1=CC(O)C(O)C(=O)C1. The van der Waals surface area contributed by atoms with Crippen molar-refractivity contribution < 1.29 is 24.9 Å². The topological polar surface area (TPSA) is 94.8 Å². The van der Waals surface area contributed by atoms with Gasteiger partial charge in [0.05, 0.1) is 0 Å². The highest BCUT2D eigenvalue weighted by molar-refractivity contribution is 5.98. The van der Waals surface area contributed by atoms with Gasteiger partial charge in [-0.3, -0.25) is 4.79 Å². The first-order valence-corrected chi connectivity index (χ1v) is 3.35. The maximum Gasteiger partial charge on any atom is 0.331 e. The molecule has 1 aliphatic carbocycles. The van der Waals surface area contributed by atoms with Crippen LogP contribution in [-0.2, 0) is 9.59 Å². The maximum atomic E-state index is 10.8. The molecule has 0 saturated heterocycles. The van der Waals surface area contributed by atoms with E-state index in [-0.39, 0.29) is 12.0 Å². The third-order valence-electron chi connectivity index (χ3n) is 1.66. The zero-order valence-electron chi connectivity index (χ0n) is 6.10. The lowest BCUT2D eigenvalue weighted by molar-refractivity contribution is -0.137. The Labute approximate surface area is 67.9 Å². The van der Waals surface area contributed by atoms with Gasteiger partial charge in [0.15, 0.2) is 5.78 Å². The number of rotatable bonds is 1. The van der Waals surface area contributed by atoms with Crippen molar-refractivity contribution in [2.75, 3.05) is 0 Å². The van der Waals surface area contributed by atoms with Crippen molar-refractivity contribution in [3.05, 3.63) is 11.6 Å². The molecule has 12 heavy (non-hydrogen) atoms. The Hall–Kier alpha value is -1.20. The lowest BCUT2D eigenvalue weighted by Gasteiger charge is -2.19. The highest BCUT2D eigenvalue weighted by atomic mass is 16.4. The van der Waals surface area contributed by atoms with Crippen LogP contribution in [-0.4, -0.2) is 39.3 Å². The summed E-state index contributed by atoms with van der Waals surface area (Å²) in [5, 5.41) is 26.3. The molecule has 3 N–H and O–H groups in total. The van der Waals surface area contributed by atoms with E-state index in [1.54, 1.807) is 0 Å². The van der Waals surface area contributed by atoms with Gasteiger partial charge in [-0.1, -0.05) is 0 Å². The number of aliphatic carboxylic acids is 1. The fourth-order valence-corrected chi connectivity index (χ4v) is 0.986. The van der Waals surface area contributed by atoms with Gasteiger partial charge in [-0.15, -0.1) is 0 Å². The summed E-state index contributed by atoms with van der Waals surface area (Å²) in [5.41, 5.74) is -0.169. The van der Waals surface area contributed by atoms with E-state index in [4.69, 9.17) is 15.3 Å². The number of ketones is 1. The molecule has 1 rings (SSSR count). The van der Waals surface area contributed by atoms with Gasteiger partial charge in [0, 0.05) is 12.0 Å². The molecule has 0 fully saturated rings. The van der Waals surface area contributed by atoms with Gasteiger partial charge in [0.1, 0.15) is 12.2 Å². The van der Waals surface area contributed by atoms with Crippen LogP contribution in [0.1, 0.15) is 6.42 Å². The Morgan fingerprint density at radius 1 is 1.50 bits per heavy atom. The minimum atomic E-state index is -1.48. The molecular weight excluding hydrogens is 164 g/mol. The zero-order valence-corrected chi connectivity index (χ0v) is 6.10. The van der Waals surface area contributed by atoms with E-state index in [1.165, 1.54) is 0 Å². The Morgan fingerprint density at radius 2 is 2.08 bits per heavy atom. The molecule has 0 heterocycles. The smallest absolute Gasteiger partial charge is 0.331 e. The normalized spacial score (nSPS) is 29.8. The van der Waals surface area contributed by atoms with E-state index in [9.17, 15) is 9.59 Å². The van der Waals surface area contributed by atoms with Crippen LogP contribution in [0, 0.1) is 0 Å². The molecule has 5 nitrogen and oxygen atoms in total. The van der Waals surface area contributed by atoms with Crippen LogP contribution in [0.4, 0.5) is 0 Å². The highest BCUT2D eigenvalue weighted by Crippen LogP contribution is 2.15. The number of hydrogen-bond acceptors (Lipinski definition) is 4. The summed E-state index contributed by atoms with van der Waals surface area (Å²) in [6, 6.07) is 0. The molecule has 5 heteroatoms. The molecule has 0 radical (unpaired) electrons. The molecular formula is C7H8O5. The molecule has 0 spiro atoms. The summed E-state index contributed by atoms with van der Waals surface area (Å²) in [5.74, 6) is -1.91. The molecule has 2 unspecified atom stereocenters. The second kappa shape index (κ2) is 3.04. The van der Waals surface area contributed by atoms with Crippen LogP contribution in [0.3, 0.4) is 0 Å². The number of aliphatic hydroxyl groups excluding tert-OH is 2. The van der Waals surface area contributed by atoms with Gasteiger partial charge in [0.25, 0.3) is 0 Å². The Kier molecular flexibility index (Phi) is 2.25. The quantitative estimate of drug-likeness (QED) is 0.456. The van der Waals surface area contributed by atoms with Crippen molar-refractivity contribution in [1.29, 1.82) is 0 Å². The molecule has 0 amide bonds. The molecule has 0 aromatic rings. The predicted molar refractivity (Wildman–Crippen MR) is 37.4 cm³/mol. The van der Waals surface area contributed by atoms with E-state index in [1.807, 2.05) is 0 Å². The average molecular weight is 172 g/mol. The van der Waals surface area contributed by atoms with E-state index in [0.717, 1.165) is 6.08 Å². The number of Topliss-reactive ketones (excluding diaryl/α,β-unsaturated/α-hetero) is 1. The van der Waals surface area contributed by atoms with E-state index >= 15 is 0 Å². The largest absolute Gasteiger partial charge is 0.478 e. The summed E-state index contributed by atoms with van der Waals surface area (Å²) in [4.78, 5) is 21.1. The Balaban J connectivity index is 2.88. The molecule has 0 aliphatic heterocycles. The van der Waals surface area contributed by atoms with Crippen molar-refractivity contribution in [2.24, 2.45) is 0 Å². The van der Waals surface area contributed by atoms with Crippen LogP contribution in [0.25, 0.3) is 0 Å². The minimum Gasteiger partial charge on any atom is -0.478 e. The fraction of sp³-hybridized carbons (Fsp3) is 0.429. The minimum absolute atomic E-state index is 0.169. The molecule has 0 aromatic heterocycles. The summed E-state index contributed by atoms with van der Waals surface area (Å²) in [6.45, 7) is 0. The van der Waals surface area contributed by atoms with Crippen LogP contribution in [0.15, 0.2) is 11.6 Å². The number of carbonyl (C=O) groups is 2. The van der Waals surface area contributed by atoms with Crippen molar-refractivity contribution in [1.82, 2.24) is 0 Å². The highest BCUT2D eigenvalue weighted by Gasteiger charge is 2.30. The van der Waals surface area contributed by atoms with Gasteiger partial charge >= 0.3 is 5.97 Å². The van der Waals surface area contributed by atoms with Crippen molar-refractivity contribution in [2.45, 2.75) is 18.6 Å². The standard InChI is InChI=1S/C7H8O5/c8-4-1-3(7(11)12)2-5(9)6(4)10/h1,4,6,8,10H,2H2,(H,11,12). The van der Waals surface area contributed by atoms with Gasteiger partial charge in [-0.2, -0.15) is 0 Å². The number of carboxylic acid groups (broad SMARTS) is 1.